The smallest absolute Gasteiger partial charge is 0.287 e. The summed E-state index contributed by atoms with van der Waals surface area (Å²) in [6, 6.07) is 18.9. The van der Waals surface area contributed by atoms with Crippen LogP contribution in [0.25, 0.3) is 0 Å². The van der Waals surface area contributed by atoms with Crippen molar-refractivity contribution in [2.75, 3.05) is 11.9 Å². The fourth-order valence-electron chi connectivity index (χ4n) is 3.34. The van der Waals surface area contributed by atoms with E-state index >= 15 is 0 Å². The van der Waals surface area contributed by atoms with E-state index in [0.717, 1.165) is 11.6 Å². The van der Waals surface area contributed by atoms with Crippen molar-refractivity contribution in [3.05, 3.63) is 95.6 Å². The van der Waals surface area contributed by atoms with E-state index in [-0.39, 0.29) is 5.91 Å². The molecule has 0 saturated carbocycles. The molecule has 0 aliphatic rings. The highest BCUT2D eigenvalue weighted by Gasteiger charge is 2.28. The summed E-state index contributed by atoms with van der Waals surface area (Å²) in [4.78, 5) is 13.2. The lowest BCUT2D eigenvalue weighted by Crippen LogP contribution is -2.87. The summed E-state index contributed by atoms with van der Waals surface area (Å²) in [6.45, 7) is 4.13. The van der Waals surface area contributed by atoms with Crippen LogP contribution in [0.4, 0.5) is 14.5 Å². The molecule has 0 aliphatic carbocycles. The zero-order chi connectivity index (χ0) is 21.5. The van der Waals surface area contributed by atoms with Gasteiger partial charge in [0.15, 0.2) is 6.04 Å². The highest BCUT2D eigenvalue weighted by atomic mass is 19.1. The van der Waals surface area contributed by atoms with Crippen molar-refractivity contribution >= 4 is 11.6 Å². The third kappa shape index (κ3) is 5.21. The van der Waals surface area contributed by atoms with Crippen LogP contribution in [0.15, 0.2) is 72.8 Å². The maximum Gasteiger partial charge on any atom is 0.287 e. The molecule has 0 saturated heterocycles. The van der Waals surface area contributed by atoms with Gasteiger partial charge in [-0.1, -0.05) is 42.5 Å². The van der Waals surface area contributed by atoms with Gasteiger partial charge in [-0.2, -0.15) is 0 Å². The van der Waals surface area contributed by atoms with Crippen molar-refractivity contribution in [3.8, 4) is 5.75 Å². The van der Waals surface area contributed by atoms with E-state index in [1.807, 2.05) is 49.4 Å². The molecule has 3 aromatic carbocycles. The van der Waals surface area contributed by atoms with Gasteiger partial charge in [-0.15, -0.1) is 0 Å². The Morgan fingerprint density at radius 2 is 1.73 bits per heavy atom. The summed E-state index contributed by atoms with van der Waals surface area (Å²) in [5, 5.41) is 4.69. The monoisotopic (exact) mass is 411 g/mol. The average molecular weight is 411 g/mol. The molecule has 6 heteroatoms. The fraction of sp³-hybridized carbons (Fsp3) is 0.208. The summed E-state index contributed by atoms with van der Waals surface area (Å²) in [5.41, 5.74) is 1.68. The quantitative estimate of drug-likeness (QED) is 0.578. The molecule has 156 valence electrons. The van der Waals surface area contributed by atoms with Crippen LogP contribution in [-0.2, 0) is 4.79 Å². The molecule has 0 heterocycles. The topological polar surface area (TPSA) is 54.9 Å². The number of carbonyl (C=O) groups excluding carboxylic acids is 1. The predicted octanol–water partition coefficient (Wildman–Crippen LogP) is 4.37. The van der Waals surface area contributed by atoms with Crippen molar-refractivity contribution in [1.29, 1.82) is 0 Å². The van der Waals surface area contributed by atoms with Gasteiger partial charge >= 0.3 is 0 Å². The van der Waals surface area contributed by atoms with Crippen LogP contribution in [0, 0.1) is 11.6 Å². The minimum atomic E-state index is -0.639. The number of nitrogens with one attached hydrogen (secondary N) is 1. The van der Waals surface area contributed by atoms with E-state index < -0.39 is 23.7 Å². The first-order valence-corrected chi connectivity index (χ1v) is 9.87. The van der Waals surface area contributed by atoms with Gasteiger partial charge in [0.05, 0.1) is 12.3 Å². The van der Waals surface area contributed by atoms with Crippen molar-refractivity contribution in [3.63, 3.8) is 0 Å². The number of carbonyl (C=O) groups is 1. The first kappa shape index (κ1) is 21.5. The first-order chi connectivity index (χ1) is 14.5. The van der Waals surface area contributed by atoms with Crippen molar-refractivity contribution in [1.82, 2.24) is 0 Å². The summed E-state index contributed by atoms with van der Waals surface area (Å²) in [5.74, 6) is -0.943. The van der Waals surface area contributed by atoms with Crippen molar-refractivity contribution in [2.45, 2.75) is 25.9 Å². The first-order valence-electron chi connectivity index (χ1n) is 9.87. The fourth-order valence-corrected chi connectivity index (χ4v) is 3.34. The lowest BCUT2D eigenvalue weighted by Gasteiger charge is -2.21. The molecule has 0 bridgehead atoms. The zero-order valence-electron chi connectivity index (χ0n) is 16.9. The molecule has 0 unspecified atom stereocenters. The SMILES string of the molecule is CCOc1ccccc1NC(=O)[C@H]([NH2+][C@@H](C)c1ccc(F)cc1F)c1ccccc1. The van der Waals surface area contributed by atoms with E-state index in [1.165, 1.54) is 12.1 Å². The molecule has 0 radical (unpaired) electrons. The number of amides is 1. The van der Waals surface area contributed by atoms with Crippen LogP contribution in [0.2, 0.25) is 0 Å². The highest BCUT2D eigenvalue weighted by molar-refractivity contribution is 5.95. The Morgan fingerprint density at radius 1 is 1.03 bits per heavy atom. The molecule has 0 aliphatic heterocycles. The van der Waals surface area contributed by atoms with E-state index in [9.17, 15) is 13.6 Å². The number of hydrogen-bond acceptors (Lipinski definition) is 2. The van der Waals surface area contributed by atoms with Crippen molar-refractivity contribution < 1.29 is 23.6 Å². The van der Waals surface area contributed by atoms with E-state index in [0.29, 0.717) is 23.6 Å². The van der Waals surface area contributed by atoms with Crippen LogP contribution in [0.3, 0.4) is 0 Å². The lowest BCUT2D eigenvalue weighted by molar-refractivity contribution is -0.719. The van der Waals surface area contributed by atoms with Gasteiger partial charge in [-0.05, 0) is 38.1 Å². The Balaban J connectivity index is 1.87. The standard InChI is InChI=1S/C24H24F2N2O2/c1-3-30-22-12-8-7-11-21(22)28-24(29)23(17-9-5-4-6-10-17)27-16(2)19-14-13-18(25)15-20(19)26/h4-16,23,27H,3H2,1-2H3,(H,28,29)/p+1/t16-,23+/m0/s1. The molecular weight excluding hydrogens is 386 g/mol. The number of anilines is 1. The number of ether oxygens (including phenoxy) is 1. The molecule has 3 rings (SSSR count). The van der Waals surface area contributed by atoms with E-state index in [2.05, 4.69) is 5.32 Å². The van der Waals surface area contributed by atoms with Crippen LogP contribution in [0.1, 0.15) is 37.1 Å². The summed E-state index contributed by atoms with van der Waals surface area (Å²) < 4.78 is 33.1. The lowest BCUT2D eigenvalue weighted by atomic mass is 10.0. The van der Waals surface area contributed by atoms with Gasteiger partial charge < -0.3 is 15.4 Å². The van der Waals surface area contributed by atoms with Crippen LogP contribution in [-0.4, -0.2) is 12.5 Å². The maximum absolute atomic E-state index is 14.3. The molecule has 3 N–H and O–H groups in total. The Morgan fingerprint density at radius 3 is 2.43 bits per heavy atom. The Bertz CT molecular complexity index is 996. The number of quaternary nitrogens is 1. The summed E-state index contributed by atoms with van der Waals surface area (Å²) in [6.07, 6.45) is 0. The number of rotatable bonds is 8. The van der Waals surface area contributed by atoms with Crippen LogP contribution in [0.5, 0.6) is 5.75 Å². The third-order valence-electron chi connectivity index (χ3n) is 4.82. The molecule has 1 amide bonds. The number of benzene rings is 3. The Labute approximate surface area is 174 Å². The van der Waals surface area contributed by atoms with Gasteiger partial charge in [0.2, 0.25) is 0 Å². The van der Waals surface area contributed by atoms with Crippen LogP contribution < -0.4 is 15.4 Å². The molecule has 0 aromatic heterocycles. The predicted molar refractivity (Wildman–Crippen MR) is 112 cm³/mol. The summed E-state index contributed by atoms with van der Waals surface area (Å²) >= 11 is 0. The highest BCUT2D eigenvalue weighted by Crippen LogP contribution is 2.25. The number of nitrogens with two attached hydrogens (primary N) is 1. The molecule has 0 fully saturated rings. The molecule has 30 heavy (non-hydrogen) atoms. The number of hydrogen-bond donors (Lipinski definition) is 2. The van der Waals surface area contributed by atoms with Gasteiger partial charge in [-0.25, -0.2) is 8.78 Å². The second kappa shape index (κ2) is 9.98. The second-order valence-electron chi connectivity index (χ2n) is 6.95. The van der Waals surface area contributed by atoms with E-state index in [4.69, 9.17) is 4.74 Å². The minimum absolute atomic E-state index is 0.261. The Hall–Kier alpha value is -3.25. The number of halogens is 2. The second-order valence-corrected chi connectivity index (χ2v) is 6.95. The van der Waals surface area contributed by atoms with Gasteiger partial charge in [0, 0.05) is 17.2 Å². The van der Waals surface area contributed by atoms with Gasteiger partial charge in [-0.3, -0.25) is 4.79 Å². The normalized spacial score (nSPS) is 12.8. The largest absolute Gasteiger partial charge is 0.492 e. The molecule has 4 nitrogen and oxygen atoms in total. The summed E-state index contributed by atoms with van der Waals surface area (Å²) in [7, 11) is 0. The molecule has 3 aromatic rings. The third-order valence-corrected chi connectivity index (χ3v) is 4.82. The molecular formula is C24H25F2N2O2+. The molecule has 2 atom stereocenters. The van der Waals surface area contributed by atoms with E-state index in [1.54, 1.807) is 24.4 Å². The number of para-hydroxylation sites is 2. The van der Waals surface area contributed by atoms with Gasteiger partial charge in [0.1, 0.15) is 23.4 Å². The minimum Gasteiger partial charge on any atom is -0.492 e. The zero-order valence-corrected chi connectivity index (χ0v) is 16.9. The Kier molecular flexibility index (Phi) is 7.14. The van der Waals surface area contributed by atoms with Crippen molar-refractivity contribution in [2.24, 2.45) is 0 Å². The van der Waals surface area contributed by atoms with Crippen LogP contribution >= 0.6 is 0 Å². The maximum atomic E-state index is 14.3. The van der Waals surface area contributed by atoms with Gasteiger partial charge in [0.25, 0.3) is 5.91 Å². The molecule has 0 spiro atoms. The average Bonchev–Trinajstić information content (AvgIpc) is 2.74.